The van der Waals surface area contributed by atoms with Crippen LogP contribution in [0.3, 0.4) is 0 Å². The van der Waals surface area contributed by atoms with Crippen LogP contribution in [-0.2, 0) is 0 Å². The van der Waals surface area contributed by atoms with Crippen molar-refractivity contribution in [2.24, 2.45) is 0 Å². The smallest absolute Gasteiger partial charge is 0.254 e. The van der Waals surface area contributed by atoms with E-state index in [9.17, 15) is 4.79 Å². The molecule has 1 N–H and O–H groups in total. The fourth-order valence-corrected chi connectivity index (χ4v) is 4.19. The van der Waals surface area contributed by atoms with Crippen LogP contribution >= 0.6 is 11.8 Å². The molecule has 5 nitrogen and oxygen atoms in total. The van der Waals surface area contributed by atoms with Crippen molar-refractivity contribution in [3.63, 3.8) is 0 Å². The normalized spacial score (nSPS) is 20.9. The van der Waals surface area contributed by atoms with Crippen molar-refractivity contribution in [3.8, 4) is 0 Å². The van der Waals surface area contributed by atoms with Crippen LogP contribution in [0.2, 0.25) is 0 Å². The molecule has 3 rings (SSSR count). The summed E-state index contributed by atoms with van der Waals surface area (Å²) < 4.78 is 0. The third-order valence-electron chi connectivity index (χ3n) is 4.58. The van der Waals surface area contributed by atoms with E-state index in [0.717, 1.165) is 37.3 Å². The molecular weight excluding hydrogens is 296 g/mol. The molecule has 0 bridgehead atoms. The monoisotopic (exact) mass is 320 g/mol. The molecule has 2 aliphatic rings. The Bertz CT molecular complexity index is 511. The average molecular weight is 320 g/mol. The molecule has 0 aliphatic carbocycles. The lowest BCUT2D eigenvalue weighted by Crippen LogP contribution is -2.49. The largest absolute Gasteiger partial charge is 0.373 e. The molecule has 2 fully saturated rings. The van der Waals surface area contributed by atoms with Crippen LogP contribution in [0.1, 0.15) is 23.2 Å². The van der Waals surface area contributed by atoms with E-state index in [-0.39, 0.29) is 5.91 Å². The fraction of sp³-hybridized carbons (Fsp3) is 0.625. The van der Waals surface area contributed by atoms with Gasteiger partial charge < -0.3 is 10.2 Å². The molecule has 0 unspecified atom stereocenters. The van der Waals surface area contributed by atoms with Crippen molar-refractivity contribution >= 4 is 23.5 Å². The third kappa shape index (κ3) is 3.55. The maximum atomic E-state index is 12.6. The number of nitrogens with zero attached hydrogens (tertiary/aromatic N) is 3. The summed E-state index contributed by atoms with van der Waals surface area (Å²) in [5.74, 6) is 3.38. The summed E-state index contributed by atoms with van der Waals surface area (Å²) in [4.78, 5) is 21.4. The summed E-state index contributed by atoms with van der Waals surface area (Å²) in [6, 6.07) is 4.29. The van der Waals surface area contributed by atoms with Gasteiger partial charge in [0.1, 0.15) is 5.82 Å². The van der Waals surface area contributed by atoms with Crippen LogP contribution in [0.5, 0.6) is 0 Å². The Balaban J connectivity index is 1.57. The number of carbonyl (C=O) groups excluding carboxylic acids is 1. The van der Waals surface area contributed by atoms with Crippen LogP contribution in [0, 0.1) is 0 Å². The molecule has 120 valence electrons. The van der Waals surface area contributed by atoms with Crippen molar-refractivity contribution in [1.82, 2.24) is 14.8 Å². The zero-order valence-electron chi connectivity index (χ0n) is 13.1. The lowest BCUT2D eigenvalue weighted by Gasteiger charge is -2.40. The second kappa shape index (κ2) is 7.33. The number of amides is 1. The predicted molar refractivity (Wildman–Crippen MR) is 91.6 cm³/mol. The van der Waals surface area contributed by atoms with Crippen molar-refractivity contribution in [2.75, 3.05) is 50.0 Å². The number of thioether (sulfide) groups is 1. The van der Waals surface area contributed by atoms with E-state index in [1.54, 1.807) is 12.3 Å². The number of anilines is 1. The van der Waals surface area contributed by atoms with Gasteiger partial charge in [-0.25, -0.2) is 4.98 Å². The molecule has 1 aromatic rings. The van der Waals surface area contributed by atoms with Gasteiger partial charge in [-0.2, -0.15) is 11.8 Å². The molecule has 3 heterocycles. The van der Waals surface area contributed by atoms with E-state index < -0.39 is 0 Å². The predicted octanol–water partition coefficient (Wildman–Crippen LogP) is 1.78. The molecular formula is C16H24N4OS. The first-order valence-electron chi connectivity index (χ1n) is 8.03. The third-order valence-corrected chi connectivity index (χ3v) is 5.52. The number of nitrogens with one attached hydrogen (secondary N) is 1. The summed E-state index contributed by atoms with van der Waals surface area (Å²) in [6.07, 6.45) is 3.89. The van der Waals surface area contributed by atoms with E-state index in [2.05, 4.69) is 27.0 Å². The van der Waals surface area contributed by atoms with Crippen LogP contribution in [0.15, 0.2) is 18.3 Å². The quantitative estimate of drug-likeness (QED) is 0.920. The van der Waals surface area contributed by atoms with E-state index in [0.29, 0.717) is 6.04 Å². The number of likely N-dealkylation sites (tertiary alicyclic amines) is 1. The van der Waals surface area contributed by atoms with Crippen molar-refractivity contribution in [3.05, 3.63) is 23.9 Å². The number of hydrogen-bond donors (Lipinski definition) is 1. The van der Waals surface area contributed by atoms with Crippen molar-refractivity contribution in [1.29, 1.82) is 0 Å². The van der Waals surface area contributed by atoms with Gasteiger partial charge in [0, 0.05) is 62.5 Å². The second-order valence-electron chi connectivity index (χ2n) is 5.85. The highest BCUT2D eigenvalue weighted by molar-refractivity contribution is 7.99. The Morgan fingerprint density at radius 2 is 2.00 bits per heavy atom. The van der Waals surface area contributed by atoms with Gasteiger partial charge in [0.05, 0.1) is 0 Å². The Morgan fingerprint density at radius 3 is 2.68 bits per heavy atom. The SMILES string of the molecule is CNc1cc(C(=O)N2CCC(N3CCSCC3)CC2)ccn1. The van der Waals surface area contributed by atoms with Gasteiger partial charge in [-0.1, -0.05) is 0 Å². The van der Waals surface area contributed by atoms with E-state index in [1.807, 2.05) is 18.0 Å². The number of rotatable bonds is 3. The molecule has 2 saturated heterocycles. The van der Waals surface area contributed by atoms with Crippen LogP contribution in [0.25, 0.3) is 0 Å². The molecule has 0 radical (unpaired) electrons. The minimum absolute atomic E-state index is 0.131. The minimum atomic E-state index is 0.131. The zero-order valence-corrected chi connectivity index (χ0v) is 13.9. The highest BCUT2D eigenvalue weighted by atomic mass is 32.2. The van der Waals surface area contributed by atoms with Crippen LogP contribution < -0.4 is 5.32 Å². The molecule has 0 spiro atoms. The standard InChI is InChI=1S/C16H24N4OS/c1-17-15-12-13(2-5-18-15)16(21)20-6-3-14(4-7-20)19-8-10-22-11-9-19/h2,5,12,14H,3-4,6-11H2,1H3,(H,17,18). The van der Waals surface area contributed by atoms with E-state index in [4.69, 9.17) is 0 Å². The fourth-order valence-electron chi connectivity index (χ4n) is 3.26. The first-order valence-corrected chi connectivity index (χ1v) is 9.18. The number of pyridine rings is 1. The summed E-state index contributed by atoms with van der Waals surface area (Å²) in [7, 11) is 1.82. The molecule has 0 saturated carbocycles. The van der Waals surface area contributed by atoms with Gasteiger partial charge in [0.25, 0.3) is 5.91 Å². The summed E-state index contributed by atoms with van der Waals surface area (Å²) in [5, 5.41) is 2.98. The molecule has 2 aliphatic heterocycles. The van der Waals surface area contributed by atoms with E-state index in [1.165, 1.54) is 24.6 Å². The number of aromatic nitrogens is 1. The van der Waals surface area contributed by atoms with Crippen LogP contribution in [0.4, 0.5) is 5.82 Å². The highest BCUT2D eigenvalue weighted by Gasteiger charge is 2.28. The number of piperidine rings is 1. The second-order valence-corrected chi connectivity index (χ2v) is 7.08. The van der Waals surface area contributed by atoms with Gasteiger partial charge in [-0.05, 0) is 25.0 Å². The van der Waals surface area contributed by atoms with Gasteiger partial charge in [0.15, 0.2) is 0 Å². The number of hydrogen-bond acceptors (Lipinski definition) is 5. The number of carbonyl (C=O) groups is 1. The van der Waals surface area contributed by atoms with Crippen molar-refractivity contribution in [2.45, 2.75) is 18.9 Å². The van der Waals surface area contributed by atoms with Gasteiger partial charge in [0.2, 0.25) is 0 Å². The topological polar surface area (TPSA) is 48.5 Å². The summed E-state index contributed by atoms with van der Waals surface area (Å²) in [5.41, 5.74) is 0.729. The Labute approximate surface area is 136 Å². The zero-order chi connectivity index (χ0) is 15.4. The summed E-state index contributed by atoms with van der Waals surface area (Å²) in [6.45, 7) is 4.15. The molecule has 0 atom stereocenters. The first-order chi connectivity index (χ1) is 10.8. The lowest BCUT2D eigenvalue weighted by molar-refractivity contribution is 0.0631. The van der Waals surface area contributed by atoms with Gasteiger partial charge in [-0.3, -0.25) is 9.69 Å². The summed E-state index contributed by atoms with van der Waals surface area (Å²) >= 11 is 2.05. The van der Waals surface area contributed by atoms with E-state index >= 15 is 0 Å². The minimum Gasteiger partial charge on any atom is -0.373 e. The molecule has 1 amide bonds. The van der Waals surface area contributed by atoms with Gasteiger partial charge in [-0.15, -0.1) is 0 Å². The molecule has 0 aromatic carbocycles. The molecule has 1 aromatic heterocycles. The highest BCUT2D eigenvalue weighted by Crippen LogP contribution is 2.22. The average Bonchev–Trinajstić information content (AvgIpc) is 2.62. The Hall–Kier alpha value is -1.27. The molecule has 6 heteroatoms. The lowest BCUT2D eigenvalue weighted by atomic mass is 10.0. The van der Waals surface area contributed by atoms with Crippen LogP contribution in [-0.4, -0.2) is 71.5 Å². The Kier molecular flexibility index (Phi) is 5.20. The maximum Gasteiger partial charge on any atom is 0.254 e. The molecule has 22 heavy (non-hydrogen) atoms. The maximum absolute atomic E-state index is 12.6. The Morgan fingerprint density at radius 1 is 1.27 bits per heavy atom. The first kappa shape index (κ1) is 15.6. The van der Waals surface area contributed by atoms with Crippen molar-refractivity contribution < 1.29 is 4.79 Å². The van der Waals surface area contributed by atoms with Gasteiger partial charge >= 0.3 is 0 Å².